The molecular formula is C14H16O2. The van der Waals surface area contributed by atoms with E-state index >= 15 is 0 Å². The first-order chi connectivity index (χ1) is 7.86. The number of hydrogen-bond donors (Lipinski definition) is 0. The molecule has 0 bridgehead atoms. The van der Waals surface area contributed by atoms with E-state index in [0.29, 0.717) is 0 Å². The van der Waals surface area contributed by atoms with Gasteiger partial charge in [0.2, 0.25) is 0 Å². The van der Waals surface area contributed by atoms with Gasteiger partial charge in [0, 0.05) is 0 Å². The Kier molecular flexibility index (Phi) is 5.71. The number of ether oxygens (including phenoxy) is 1. The molecule has 0 aromatic heterocycles. The molecule has 0 aliphatic carbocycles. The number of aldehydes is 1. The van der Waals surface area contributed by atoms with Gasteiger partial charge in [-0.15, -0.1) is 0 Å². The van der Waals surface area contributed by atoms with Crippen molar-refractivity contribution < 1.29 is 9.53 Å². The van der Waals surface area contributed by atoms with Crippen molar-refractivity contribution in [2.24, 2.45) is 0 Å². The molecule has 0 fully saturated rings. The topological polar surface area (TPSA) is 26.3 Å². The maximum atomic E-state index is 10.0. The number of carbonyl (C=O) groups is 1. The fraction of sp³-hybridized carbons (Fsp3) is 0.214. The van der Waals surface area contributed by atoms with Crippen LogP contribution in [0.25, 0.3) is 6.08 Å². The Morgan fingerprint density at radius 3 is 2.50 bits per heavy atom. The minimum atomic E-state index is 0.747. The van der Waals surface area contributed by atoms with Gasteiger partial charge >= 0.3 is 0 Å². The van der Waals surface area contributed by atoms with E-state index in [0.717, 1.165) is 30.6 Å². The lowest BCUT2D eigenvalue weighted by molar-refractivity contribution is -0.104. The van der Waals surface area contributed by atoms with Crippen molar-refractivity contribution in [3.8, 4) is 5.75 Å². The van der Waals surface area contributed by atoms with Crippen LogP contribution in [0.3, 0.4) is 0 Å². The molecule has 0 radical (unpaired) electrons. The lowest BCUT2D eigenvalue weighted by atomic mass is 10.2. The van der Waals surface area contributed by atoms with Gasteiger partial charge in [0.1, 0.15) is 12.0 Å². The standard InChI is InChI=1S/C14H16O2/c1-2-12-16-14-9-7-13(8-10-14)6-4-3-5-11-15/h3-11H,2,12H2,1H3. The van der Waals surface area contributed by atoms with E-state index in [4.69, 9.17) is 4.74 Å². The minimum Gasteiger partial charge on any atom is -0.494 e. The van der Waals surface area contributed by atoms with Gasteiger partial charge in [-0.25, -0.2) is 0 Å². The first-order valence-corrected chi connectivity index (χ1v) is 5.38. The molecule has 0 aliphatic heterocycles. The molecule has 0 heterocycles. The Morgan fingerprint density at radius 2 is 1.88 bits per heavy atom. The number of allylic oxidation sites excluding steroid dienone is 3. The average Bonchev–Trinajstić information content (AvgIpc) is 2.33. The van der Waals surface area contributed by atoms with Crippen molar-refractivity contribution in [3.05, 3.63) is 48.1 Å². The monoisotopic (exact) mass is 216 g/mol. The van der Waals surface area contributed by atoms with Gasteiger partial charge in [-0.3, -0.25) is 4.79 Å². The first-order valence-electron chi connectivity index (χ1n) is 5.38. The number of carbonyl (C=O) groups excluding carboxylic acids is 1. The summed E-state index contributed by atoms with van der Waals surface area (Å²) in [5.74, 6) is 0.891. The van der Waals surface area contributed by atoms with Crippen molar-refractivity contribution in [1.82, 2.24) is 0 Å². The molecule has 0 saturated heterocycles. The SMILES string of the molecule is CCCOc1ccc(C=CC=CC=O)cc1. The molecule has 0 amide bonds. The molecule has 1 aromatic rings. The van der Waals surface area contributed by atoms with E-state index in [2.05, 4.69) is 6.92 Å². The van der Waals surface area contributed by atoms with E-state index in [1.807, 2.05) is 36.4 Å². The zero-order valence-electron chi connectivity index (χ0n) is 9.43. The van der Waals surface area contributed by atoms with Crippen LogP contribution in [0.1, 0.15) is 18.9 Å². The van der Waals surface area contributed by atoms with Crippen LogP contribution in [-0.4, -0.2) is 12.9 Å². The lowest BCUT2D eigenvalue weighted by Gasteiger charge is -2.03. The van der Waals surface area contributed by atoms with Crippen LogP contribution in [-0.2, 0) is 4.79 Å². The summed E-state index contributed by atoms with van der Waals surface area (Å²) in [5, 5.41) is 0. The molecule has 16 heavy (non-hydrogen) atoms. The van der Waals surface area contributed by atoms with Crippen molar-refractivity contribution >= 4 is 12.4 Å². The molecule has 0 unspecified atom stereocenters. The normalized spacial score (nSPS) is 11.1. The van der Waals surface area contributed by atoms with Crippen LogP contribution in [0.5, 0.6) is 5.75 Å². The zero-order valence-corrected chi connectivity index (χ0v) is 9.43. The second kappa shape index (κ2) is 7.46. The van der Waals surface area contributed by atoms with E-state index < -0.39 is 0 Å². The summed E-state index contributed by atoms with van der Waals surface area (Å²) in [4.78, 5) is 10.0. The van der Waals surface area contributed by atoms with Gasteiger partial charge in [-0.1, -0.05) is 37.3 Å². The van der Waals surface area contributed by atoms with Gasteiger partial charge in [-0.2, -0.15) is 0 Å². The second-order valence-corrected chi connectivity index (χ2v) is 3.30. The smallest absolute Gasteiger partial charge is 0.142 e. The summed E-state index contributed by atoms with van der Waals surface area (Å²) in [6, 6.07) is 7.85. The molecule has 1 rings (SSSR count). The van der Waals surface area contributed by atoms with E-state index in [9.17, 15) is 4.79 Å². The van der Waals surface area contributed by atoms with Gasteiger partial charge in [0.15, 0.2) is 0 Å². The highest BCUT2D eigenvalue weighted by molar-refractivity contribution is 5.66. The molecule has 0 aliphatic rings. The van der Waals surface area contributed by atoms with Gasteiger partial charge < -0.3 is 4.74 Å². The first kappa shape index (κ1) is 12.2. The molecule has 1 aromatic carbocycles. The minimum absolute atomic E-state index is 0.747. The molecule has 0 saturated carbocycles. The van der Waals surface area contributed by atoms with Crippen molar-refractivity contribution in [1.29, 1.82) is 0 Å². The van der Waals surface area contributed by atoms with Crippen molar-refractivity contribution in [3.63, 3.8) is 0 Å². The van der Waals surface area contributed by atoms with Crippen molar-refractivity contribution in [2.45, 2.75) is 13.3 Å². The van der Waals surface area contributed by atoms with Gasteiger partial charge in [0.25, 0.3) is 0 Å². The largest absolute Gasteiger partial charge is 0.494 e. The summed E-state index contributed by atoms with van der Waals surface area (Å²) in [7, 11) is 0. The highest BCUT2D eigenvalue weighted by atomic mass is 16.5. The Hall–Kier alpha value is -1.83. The van der Waals surface area contributed by atoms with Crippen LogP contribution >= 0.6 is 0 Å². The van der Waals surface area contributed by atoms with Crippen LogP contribution in [0, 0.1) is 0 Å². The number of hydrogen-bond acceptors (Lipinski definition) is 2. The van der Waals surface area contributed by atoms with E-state index in [1.54, 1.807) is 6.08 Å². The van der Waals surface area contributed by atoms with Gasteiger partial charge in [0.05, 0.1) is 6.61 Å². The third-order valence-electron chi connectivity index (χ3n) is 1.94. The average molecular weight is 216 g/mol. The lowest BCUT2D eigenvalue weighted by Crippen LogP contribution is -1.94. The van der Waals surface area contributed by atoms with Crippen LogP contribution in [0.15, 0.2) is 42.5 Å². The third kappa shape index (κ3) is 4.60. The Labute approximate surface area is 96.2 Å². The Bertz CT molecular complexity index is 361. The fourth-order valence-corrected chi connectivity index (χ4v) is 1.17. The number of benzene rings is 1. The molecular weight excluding hydrogens is 200 g/mol. The zero-order chi connectivity index (χ0) is 11.6. The molecule has 2 nitrogen and oxygen atoms in total. The predicted octanol–water partition coefficient (Wildman–Crippen LogP) is 3.24. The quantitative estimate of drug-likeness (QED) is 0.414. The van der Waals surface area contributed by atoms with E-state index in [1.165, 1.54) is 6.08 Å². The van der Waals surface area contributed by atoms with Crippen molar-refractivity contribution in [2.75, 3.05) is 6.61 Å². The highest BCUT2D eigenvalue weighted by Crippen LogP contribution is 2.13. The Morgan fingerprint density at radius 1 is 1.12 bits per heavy atom. The highest BCUT2D eigenvalue weighted by Gasteiger charge is 1.91. The summed E-state index contributed by atoms with van der Waals surface area (Å²) >= 11 is 0. The maximum Gasteiger partial charge on any atom is 0.142 e. The predicted molar refractivity (Wildman–Crippen MR) is 66.5 cm³/mol. The summed E-state index contributed by atoms with van der Waals surface area (Å²) < 4.78 is 5.47. The van der Waals surface area contributed by atoms with Gasteiger partial charge in [-0.05, 0) is 30.2 Å². The second-order valence-electron chi connectivity index (χ2n) is 3.30. The maximum absolute atomic E-state index is 10.0. The fourth-order valence-electron chi connectivity index (χ4n) is 1.17. The Balaban J connectivity index is 2.53. The third-order valence-corrected chi connectivity index (χ3v) is 1.94. The summed E-state index contributed by atoms with van der Waals surface area (Å²) in [6.45, 7) is 2.83. The molecule has 2 heteroatoms. The molecule has 0 N–H and O–H groups in total. The van der Waals surface area contributed by atoms with Crippen LogP contribution in [0.4, 0.5) is 0 Å². The molecule has 0 spiro atoms. The van der Waals surface area contributed by atoms with E-state index in [-0.39, 0.29) is 0 Å². The summed E-state index contributed by atoms with van der Waals surface area (Å²) in [6.07, 6.45) is 8.69. The van der Waals surface area contributed by atoms with Crippen LogP contribution in [0.2, 0.25) is 0 Å². The summed E-state index contributed by atoms with van der Waals surface area (Å²) in [5.41, 5.74) is 1.08. The number of rotatable bonds is 6. The molecule has 0 atom stereocenters. The molecule has 84 valence electrons. The van der Waals surface area contributed by atoms with Crippen LogP contribution < -0.4 is 4.74 Å².